The van der Waals surface area contributed by atoms with Crippen LogP contribution in [0.4, 0.5) is 0 Å². The highest BCUT2D eigenvalue weighted by Crippen LogP contribution is 2.28. The summed E-state index contributed by atoms with van der Waals surface area (Å²) in [5.74, 6) is 1.51. The number of hydrogen-bond acceptors (Lipinski definition) is 4. The Balaban J connectivity index is 2.13. The highest BCUT2D eigenvalue weighted by Gasteiger charge is 2.11. The van der Waals surface area contributed by atoms with E-state index >= 15 is 0 Å². The molecule has 0 aliphatic heterocycles. The monoisotopic (exact) mass is 280 g/mol. The molecule has 0 spiro atoms. The van der Waals surface area contributed by atoms with Gasteiger partial charge in [0.2, 0.25) is 0 Å². The standard InChI is InChI=1S/C14H17ClN2O2/c1-9(16)6-12-13(15)4-3-5-14(12)18-8-11-7-10(2)19-17-11/h3-5,7,9H,6,8,16H2,1-2H3. The van der Waals surface area contributed by atoms with Crippen LogP contribution >= 0.6 is 11.6 Å². The number of nitrogens with two attached hydrogens (primary N) is 1. The molecule has 0 saturated heterocycles. The molecule has 1 aromatic carbocycles. The lowest BCUT2D eigenvalue weighted by Gasteiger charge is -2.13. The summed E-state index contributed by atoms with van der Waals surface area (Å²) in [4.78, 5) is 0. The Hall–Kier alpha value is -1.52. The molecule has 2 rings (SSSR count). The maximum Gasteiger partial charge on any atom is 0.134 e. The Morgan fingerprint density at radius 1 is 1.47 bits per heavy atom. The largest absolute Gasteiger partial charge is 0.487 e. The second-order valence-electron chi connectivity index (χ2n) is 4.62. The van der Waals surface area contributed by atoms with Gasteiger partial charge in [0.25, 0.3) is 0 Å². The van der Waals surface area contributed by atoms with Crippen LogP contribution in [0.5, 0.6) is 5.75 Å². The van der Waals surface area contributed by atoms with Gasteiger partial charge in [-0.1, -0.05) is 22.8 Å². The van der Waals surface area contributed by atoms with Crippen molar-refractivity contribution in [2.24, 2.45) is 5.73 Å². The van der Waals surface area contributed by atoms with Gasteiger partial charge in [-0.2, -0.15) is 0 Å². The first kappa shape index (κ1) is 13.9. The highest BCUT2D eigenvalue weighted by molar-refractivity contribution is 6.31. The molecular formula is C14H17ClN2O2. The molecule has 1 aromatic heterocycles. The molecule has 0 saturated carbocycles. The lowest BCUT2D eigenvalue weighted by molar-refractivity contribution is 0.285. The minimum absolute atomic E-state index is 0.0246. The molecular weight excluding hydrogens is 264 g/mol. The second-order valence-corrected chi connectivity index (χ2v) is 5.02. The van der Waals surface area contributed by atoms with Crippen molar-refractivity contribution < 1.29 is 9.26 Å². The SMILES string of the molecule is Cc1cc(COc2cccc(Cl)c2CC(C)N)no1. The summed E-state index contributed by atoms with van der Waals surface area (Å²) < 4.78 is 10.8. The minimum Gasteiger partial charge on any atom is -0.487 e. The molecule has 102 valence electrons. The third-order valence-electron chi connectivity index (χ3n) is 2.65. The molecule has 1 unspecified atom stereocenters. The number of aromatic nitrogens is 1. The van der Waals surface area contributed by atoms with E-state index in [1.165, 1.54) is 0 Å². The Morgan fingerprint density at radius 3 is 2.89 bits per heavy atom. The summed E-state index contributed by atoms with van der Waals surface area (Å²) >= 11 is 6.19. The van der Waals surface area contributed by atoms with E-state index in [2.05, 4.69) is 5.16 Å². The zero-order chi connectivity index (χ0) is 13.8. The Kier molecular flexibility index (Phi) is 4.45. The van der Waals surface area contributed by atoms with Crippen LogP contribution in [-0.2, 0) is 13.0 Å². The lowest BCUT2D eigenvalue weighted by Crippen LogP contribution is -2.18. The number of rotatable bonds is 5. The maximum atomic E-state index is 6.19. The topological polar surface area (TPSA) is 61.3 Å². The van der Waals surface area contributed by atoms with E-state index in [4.69, 9.17) is 26.6 Å². The summed E-state index contributed by atoms with van der Waals surface area (Å²) in [5.41, 5.74) is 7.52. The first-order valence-electron chi connectivity index (χ1n) is 6.14. The molecule has 19 heavy (non-hydrogen) atoms. The Bertz CT molecular complexity index is 552. The maximum absolute atomic E-state index is 6.19. The van der Waals surface area contributed by atoms with Crippen LogP contribution in [0.1, 0.15) is 23.9 Å². The van der Waals surface area contributed by atoms with Gasteiger partial charge in [-0.05, 0) is 32.4 Å². The Morgan fingerprint density at radius 2 is 2.26 bits per heavy atom. The summed E-state index contributed by atoms with van der Waals surface area (Å²) in [6, 6.07) is 7.45. The molecule has 0 aliphatic carbocycles. The molecule has 1 heterocycles. The van der Waals surface area contributed by atoms with E-state index < -0.39 is 0 Å². The van der Waals surface area contributed by atoms with Gasteiger partial charge in [0, 0.05) is 22.7 Å². The molecule has 0 radical (unpaired) electrons. The summed E-state index contributed by atoms with van der Waals surface area (Å²) in [6.07, 6.45) is 0.673. The molecule has 0 amide bonds. The number of halogens is 1. The van der Waals surface area contributed by atoms with Crippen LogP contribution in [0.3, 0.4) is 0 Å². The van der Waals surface area contributed by atoms with Crippen LogP contribution < -0.4 is 10.5 Å². The van der Waals surface area contributed by atoms with Crippen molar-refractivity contribution in [1.82, 2.24) is 5.16 Å². The summed E-state index contributed by atoms with van der Waals surface area (Å²) in [7, 11) is 0. The van der Waals surface area contributed by atoms with E-state index in [-0.39, 0.29) is 6.04 Å². The molecule has 4 nitrogen and oxygen atoms in total. The fraction of sp³-hybridized carbons (Fsp3) is 0.357. The number of benzene rings is 1. The van der Waals surface area contributed by atoms with Crippen molar-refractivity contribution in [1.29, 1.82) is 0 Å². The van der Waals surface area contributed by atoms with Crippen LogP contribution in [0.2, 0.25) is 5.02 Å². The van der Waals surface area contributed by atoms with Crippen LogP contribution in [0.15, 0.2) is 28.8 Å². The van der Waals surface area contributed by atoms with Gasteiger partial charge >= 0.3 is 0 Å². The lowest BCUT2D eigenvalue weighted by atomic mass is 10.1. The Labute approximate surface area is 117 Å². The fourth-order valence-electron chi connectivity index (χ4n) is 1.83. The van der Waals surface area contributed by atoms with Gasteiger partial charge in [0.15, 0.2) is 0 Å². The smallest absolute Gasteiger partial charge is 0.134 e. The average Bonchev–Trinajstić information content (AvgIpc) is 2.75. The molecule has 2 aromatic rings. The van der Waals surface area contributed by atoms with Crippen LogP contribution in [0.25, 0.3) is 0 Å². The highest BCUT2D eigenvalue weighted by atomic mass is 35.5. The van der Waals surface area contributed by atoms with Gasteiger partial charge < -0.3 is 15.0 Å². The van der Waals surface area contributed by atoms with Crippen molar-refractivity contribution in [3.05, 3.63) is 46.3 Å². The summed E-state index contributed by atoms with van der Waals surface area (Å²) in [6.45, 7) is 4.13. The fourth-order valence-corrected chi connectivity index (χ4v) is 2.07. The number of ether oxygens (including phenoxy) is 1. The zero-order valence-electron chi connectivity index (χ0n) is 11.0. The van der Waals surface area contributed by atoms with Crippen molar-refractivity contribution in [2.75, 3.05) is 0 Å². The first-order chi connectivity index (χ1) is 9.06. The predicted octanol–water partition coefficient (Wildman–Crippen LogP) is 3.11. The first-order valence-corrected chi connectivity index (χ1v) is 6.52. The van der Waals surface area contributed by atoms with Gasteiger partial charge in [0.05, 0.1) is 0 Å². The normalized spacial score (nSPS) is 12.4. The van der Waals surface area contributed by atoms with E-state index in [9.17, 15) is 0 Å². The summed E-state index contributed by atoms with van der Waals surface area (Å²) in [5, 5.41) is 4.56. The van der Waals surface area contributed by atoms with E-state index in [0.717, 1.165) is 22.8 Å². The van der Waals surface area contributed by atoms with Crippen molar-refractivity contribution in [2.45, 2.75) is 32.9 Å². The molecule has 0 bridgehead atoms. The quantitative estimate of drug-likeness (QED) is 0.914. The second kappa shape index (κ2) is 6.08. The van der Waals surface area contributed by atoms with Gasteiger partial charge in [-0.15, -0.1) is 0 Å². The number of hydrogen-bond donors (Lipinski definition) is 1. The van der Waals surface area contributed by atoms with Crippen LogP contribution in [0, 0.1) is 6.92 Å². The van der Waals surface area contributed by atoms with Crippen LogP contribution in [-0.4, -0.2) is 11.2 Å². The third-order valence-corrected chi connectivity index (χ3v) is 3.01. The van der Waals surface area contributed by atoms with Crippen molar-refractivity contribution in [3.63, 3.8) is 0 Å². The van der Waals surface area contributed by atoms with Crippen molar-refractivity contribution >= 4 is 11.6 Å². The van der Waals surface area contributed by atoms with Gasteiger partial charge in [-0.3, -0.25) is 0 Å². The number of nitrogens with zero attached hydrogens (tertiary/aromatic N) is 1. The van der Waals surface area contributed by atoms with E-state index in [1.807, 2.05) is 38.1 Å². The molecule has 2 N–H and O–H groups in total. The number of aryl methyl sites for hydroxylation is 1. The predicted molar refractivity (Wildman–Crippen MR) is 74.4 cm³/mol. The molecule has 0 fully saturated rings. The minimum atomic E-state index is 0.0246. The van der Waals surface area contributed by atoms with Gasteiger partial charge in [0.1, 0.15) is 23.8 Å². The molecule has 1 atom stereocenters. The molecule has 5 heteroatoms. The van der Waals surface area contributed by atoms with Gasteiger partial charge in [-0.25, -0.2) is 0 Å². The zero-order valence-corrected chi connectivity index (χ0v) is 11.8. The van der Waals surface area contributed by atoms with Crippen molar-refractivity contribution in [3.8, 4) is 5.75 Å². The van der Waals surface area contributed by atoms with E-state index in [0.29, 0.717) is 18.1 Å². The molecule has 0 aliphatic rings. The van der Waals surface area contributed by atoms with E-state index in [1.54, 1.807) is 0 Å². The average molecular weight is 281 g/mol. The third kappa shape index (κ3) is 3.72.